The van der Waals surface area contributed by atoms with Gasteiger partial charge >= 0.3 is 271 Å². The molecule has 0 heterocycles. The van der Waals surface area contributed by atoms with Crippen molar-refractivity contribution >= 4 is 48.2 Å². The summed E-state index contributed by atoms with van der Waals surface area (Å²) in [6.07, 6.45) is 28.6. The van der Waals surface area contributed by atoms with Crippen molar-refractivity contribution in [1.82, 2.24) is 0 Å². The van der Waals surface area contributed by atoms with Crippen LogP contribution < -0.4 is 0 Å². The van der Waals surface area contributed by atoms with Gasteiger partial charge in [-0.1, -0.05) is 0 Å². The summed E-state index contributed by atoms with van der Waals surface area (Å²) in [5.41, 5.74) is 6.97. The second-order valence-electron chi connectivity index (χ2n) is 13.5. The van der Waals surface area contributed by atoms with E-state index in [1.807, 2.05) is 0 Å². The van der Waals surface area contributed by atoms with Crippen LogP contribution in [-0.2, 0) is 0 Å². The Morgan fingerprint density at radius 1 is 0.425 bits per heavy atom. The van der Waals surface area contributed by atoms with Gasteiger partial charge in [0.2, 0.25) is 0 Å². The van der Waals surface area contributed by atoms with Crippen molar-refractivity contribution in [2.75, 3.05) is 0 Å². The topological polar surface area (TPSA) is 0 Å². The first-order valence-corrected chi connectivity index (χ1v) is 21.5. The standard InChI is InChI=1S/C37H51S2.Bi.2H/c1-5-15-28(16-6-1)32-23-13-24-33(29-17-7-2-8-18-29)36(32)38-27-39-37-34(30-19-9-3-10-20-30)25-14-26-35(37)31-21-11-4-12-22-31;;;/h13-14,23-31H,1-12,15-22H2;;;. The van der Waals surface area contributed by atoms with E-state index >= 15 is 0 Å². The number of rotatable bonds is 8. The summed E-state index contributed by atoms with van der Waals surface area (Å²) in [5.74, 6) is 3.20. The van der Waals surface area contributed by atoms with Crippen LogP contribution in [0.3, 0.4) is 0 Å². The average Bonchev–Trinajstić information content (AvgIpc) is 3.03. The Morgan fingerprint density at radius 2 is 0.675 bits per heavy atom. The SMILES string of the molecule is [BiH2][CH](Sc1c(C2CCCCC2)cccc1C1CCCCC1)Sc1c(C2CCCCC2)cccc1C1CCCCC1. The predicted molar refractivity (Wildman–Crippen MR) is 180 cm³/mol. The van der Waals surface area contributed by atoms with E-state index in [1.54, 1.807) is 32.0 Å². The first-order valence-electron chi connectivity index (χ1n) is 17.1. The summed E-state index contributed by atoms with van der Waals surface area (Å²) >= 11 is 5.62. The summed E-state index contributed by atoms with van der Waals surface area (Å²) in [4.78, 5) is 3.49. The van der Waals surface area contributed by atoms with E-state index < -0.39 is 0 Å². The molecule has 4 fully saturated rings. The summed E-state index contributed by atoms with van der Waals surface area (Å²) in [7, 11) is 0. The molecule has 218 valence electrons. The molecule has 0 radical (unpaired) electrons. The fourth-order valence-electron chi connectivity index (χ4n) is 8.62. The summed E-state index contributed by atoms with van der Waals surface area (Å²) in [5, 5.41) is 0. The van der Waals surface area contributed by atoms with Crippen molar-refractivity contribution in [3.8, 4) is 0 Å². The zero-order valence-corrected chi connectivity index (χ0v) is 31.0. The van der Waals surface area contributed by atoms with Crippen molar-refractivity contribution in [2.24, 2.45) is 0 Å². The van der Waals surface area contributed by atoms with Crippen molar-refractivity contribution in [1.29, 1.82) is 0 Å². The van der Waals surface area contributed by atoms with Gasteiger partial charge in [0.25, 0.3) is 0 Å². The van der Waals surface area contributed by atoms with Gasteiger partial charge in [-0.15, -0.1) is 0 Å². The summed E-state index contributed by atoms with van der Waals surface area (Å²) in [6.45, 7) is 0. The first-order chi connectivity index (χ1) is 19.8. The molecular formula is C37H53BiS2. The van der Waals surface area contributed by atoms with Crippen molar-refractivity contribution in [3.05, 3.63) is 58.7 Å². The molecule has 4 aliphatic carbocycles. The average molecular weight is 771 g/mol. The molecule has 0 atom stereocenters. The van der Waals surface area contributed by atoms with Gasteiger partial charge in [-0.25, -0.2) is 0 Å². The fraction of sp³-hybridized carbons (Fsp3) is 0.676. The van der Waals surface area contributed by atoms with Gasteiger partial charge in [-0.3, -0.25) is 0 Å². The van der Waals surface area contributed by atoms with Crippen LogP contribution >= 0.6 is 23.5 Å². The molecule has 0 aliphatic heterocycles. The molecule has 40 heavy (non-hydrogen) atoms. The van der Waals surface area contributed by atoms with Crippen LogP contribution in [-0.4, -0.2) is 27.0 Å². The van der Waals surface area contributed by atoms with E-state index in [1.165, 1.54) is 128 Å². The molecule has 0 unspecified atom stereocenters. The zero-order valence-electron chi connectivity index (χ0n) is 24.9. The van der Waals surface area contributed by atoms with Gasteiger partial charge in [0.1, 0.15) is 0 Å². The number of hydrogen-bond donors (Lipinski definition) is 0. The molecule has 0 spiro atoms. The molecule has 4 saturated carbocycles. The van der Waals surface area contributed by atoms with Gasteiger partial charge in [0.05, 0.1) is 0 Å². The molecule has 0 aromatic heterocycles. The Balaban J connectivity index is 1.32. The van der Waals surface area contributed by atoms with E-state index in [0.29, 0.717) is 2.29 Å². The predicted octanol–water partition coefficient (Wildman–Crippen LogP) is 11.7. The fourth-order valence-corrected chi connectivity index (χ4v) is 14.5. The molecule has 4 aliphatic rings. The summed E-state index contributed by atoms with van der Waals surface area (Å²) in [6, 6.07) is 15.1. The van der Waals surface area contributed by atoms with Crippen LogP contribution in [0.2, 0.25) is 0 Å². The van der Waals surface area contributed by atoms with Crippen LogP contribution in [0, 0.1) is 0 Å². The molecule has 0 nitrogen and oxygen atoms in total. The molecule has 2 aromatic rings. The maximum absolute atomic E-state index is 2.55. The van der Waals surface area contributed by atoms with Crippen LogP contribution in [0.5, 0.6) is 0 Å². The minimum absolute atomic E-state index is 0.708. The van der Waals surface area contributed by atoms with Crippen molar-refractivity contribution in [2.45, 2.75) is 164 Å². The number of benzene rings is 2. The third-order valence-electron chi connectivity index (χ3n) is 10.8. The third kappa shape index (κ3) is 7.38. The Labute approximate surface area is 269 Å². The Morgan fingerprint density at radius 3 is 0.925 bits per heavy atom. The van der Waals surface area contributed by atoms with E-state index in [2.05, 4.69) is 59.9 Å². The first kappa shape index (κ1) is 30.1. The van der Waals surface area contributed by atoms with E-state index in [0.717, 1.165) is 48.4 Å². The monoisotopic (exact) mass is 770 g/mol. The van der Waals surface area contributed by atoms with Crippen LogP contribution in [0.15, 0.2) is 46.2 Å². The number of thioether (sulfide) groups is 2. The van der Waals surface area contributed by atoms with Gasteiger partial charge < -0.3 is 0 Å². The zero-order chi connectivity index (χ0) is 27.1. The molecular weight excluding hydrogens is 718 g/mol. The van der Waals surface area contributed by atoms with Crippen molar-refractivity contribution in [3.63, 3.8) is 0 Å². The minimum atomic E-state index is 0.708. The van der Waals surface area contributed by atoms with E-state index in [9.17, 15) is 0 Å². The van der Waals surface area contributed by atoms with Crippen LogP contribution in [0.1, 0.15) is 174 Å². The quantitative estimate of drug-likeness (QED) is 0.149. The third-order valence-corrected chi connectivity index (χ3v) is 16.4. The van der Waals surface area contributed by atoms with Gasteiger partial charge in [0, 0.05) is 0 Å². The molecule has 0 bridgehead atoms. The second kappa shape index (κ2) is 15.2. The molecule has 0 saturated heterocycles. The Kier molecular flexibility index (Phi) is 11.4. The normalized spacial score (nSPS) is 22.6. The Hall–Kier alpha value is 0.0231. The van der Waals surface area contributed by atoms with E-state index in [4.69, 9.17) is 0 Å². The number of hydrogen-bond acceptors (Lipinski definition) is 2. The summed E-state index contributed by atoms with van der Waals surface area (Å²) < 4.78 is 0.708. The van der Waals surface area contributed by atoms with Crippen LogP contribution in [0.4, 0.5) is 0 Å². The van der Waals surface area contributed by atoms with E-state index in [-0.39, 0.29) is 0 Å². The molecule has 0 N–H and O–H groups in total. The van der Waals surface area contributed by atoms with Crippen molar-refractivity contribution < 1.29 is 0 Å². The maximum atomic E-state index is 2.55. The van der Waals surface area contributed by atoms with Crippen LogP contribution in [0.25, 0.3) is 0 Å². The van der Waals surface area contributed by atoms with Gasteiger partial charge in [-0.05, 0) is 0 Å². The molecule has 3 heteroatoms. The molecule has 0 amide bonds. The second-order valence-corrected chi connectivity index (χ2v) is 22.4. The van der Waals surface area contributed by atoms with Gasteiger partial charge in [-0.2, -0.15) is 0 Å². The Bertz CT molecular complexity index is 914. The molecule has 6 rings (SSSR count). The van der Waals surface area contributed by atoms with Gasteiger partial charge in [0.15, 0.2) is 0 Å². The molecule has 2 aromatic carbocycles.